The molecule has 0 aromatic carbocycles. The van der Waals surface area contributed by atoms with Crippen LogP contribution >= 0.6 is 0 Å². The second kappa shape index (κ2) is 4.42. The fraction of sp³-hybridized carbons (Fsp3) is 0.750. The quantitative estimate of drug-likeness (QED) is 0.611. The van der Waals surface area contributed by atoms with E-state index in [2.05, 4.69) is 12.2 Å². The summed E-state index contributed by atoms with van der Waals surface area (Å²) in [5.41, 5.74) is 0. The Morgan fingerprint density at radius 1 is 1.05 bits per heavy atom. The highest BCUT2D eigenvalue weighted by Crippen LogP contribution is 2.52. The Morgan fingerprint density at radius 3 is 2.30 bits per heavy atom. The van der Waals surface area contributed by atoms with Crippen molar-refractivity contribution in [3.8, 4) is 0 Å². The van der Waals surface area contributed by atoms with Crippen LogP contribution in [0.15, 0.2) is 12.2 Å². The van der Waals surface area contributed by atoms with E-state index in [1.807, 2.05) is 0 Å². The van der Waals surface area contributed by atoms with E-state index in [-0.39, 0.29) is 35.7 Å². The number of fused-ring (bicyclic) bond motifs is 5. The maximum absolute atomic E-state index is 12.6. The van der Waals surface area contributed by atoms with Crippen molar-refractivity contribution in [2.24, 2.45) is 29.6 Å². The largest absolute Gasteiger partial charge is 0.393 e. The minimum Gasteiger partial charge on any atom is -0.393 e. The van der Waals surface area contributed by atoms with E-state index in [0.717, 1.165) is 32.1 Å². The number of carbonyl (C=O) groups excluding carboxylic acids is 2. The number of rotatable bonds is 2. The Morgan fingerprint density at radius 2 is 1.70 bits per heavy atom. The third kappa shape index (κ3) is 1.70. The maximum Gasteiger partial charge on any atom is 0.233 e. The van der Waals surface area contributed by atoms with Gasteiger partial charge in [0.1, 0.15) is 0 Å². The Hall–Kier alpha value is -1.16. The van der Waals surface area contributed by atoms with Crippen molar-refractivity contribution >= 4 is 11.8 Å². The lowest BCUT2D eigenvalue weighted by Crippen LogP contribution is -2.38. The fourth-order valence-electron chi connectivity index (χ4n) is 4.83. The van der Waals surface area contributed by atoms with Crippen LogP contribution < -0.4 is 0 Å². The van der Waals surface area contributed by atoms with Crippen LogP contribution in [0.1, 0.15) is 32.1 Å². The SMILES string of the molecule is O=C1C2C3C=CC(C3)C2C(=O)N1CC1CCCC(O)C1. The normalized spacial score (nSPS) is 46.4. The molecule has 3 fully saturated rings. The molecule has 20 heavy (non-hydrogen) atoms. The number of aliphatic hydroxyl groups is 1. The molecule has 3 aliphatic carbocycles. The van der Waals surface area contributed by atoms with Crippen LogP contribution in [0.5, 0.6) is 0 Å². The number of aliphatic hydroxyl groups excluding tert-OH is 1. The van der Waals surface area contributed by atoms with Crippen molar-refractivity contribution in [1.29, 1.82) is 0 Å². The molecular formula is C16H21NO3. The molecule has 2 saturated carbocycles. The summed E-state index contributed by atoms with van der Waals surface area (Å²) in [6, 6.07) is 0. The van der Waals surface area contributed by atoms with Crippen LogP contribution in [-0.2, 0) is 9.59 Å². The monoisotopic (exact) mass is 275 g/mol. The molecule has 108 valence electrons. The lowest BCUT2D eigenvalue weighted by molar-refractivity contribution is -0.141. The first-order chi connectivity index (χ1) is 9.65. The highest BCUT2D eigenvalue weighted by atomic mass is 16.3. The zero-order valence-electron chi connectivity index (χ0n) is 11.6. The van der Waals surface area contributed by atoms with Crippen molar-refractivity contribution in [2.45, 2.75) is 38.2 Å². The van der Waals surface area contributed by atoms with Crippen molar-refractivity contribution in [2.75, 3.05) is 6.54 Å². The fourth-order valence-corrected chi connectivity index (χ4v) is 4.83. The number of amides is 2. The van der Waals surface area contributed by atoms with Crippen LogP contribution in [-0.4, -0.2) is 34.5 Å². The maximum atomic E-state index is 12.6. The molecule has 0 radical (unpaired) electrons. The lowest BCUT2D eigenvalue weighted by Gasteiger charge is -2.29. The van der Waals surface area contributed by atoms with Crippen LogP contribution in [0.2, 0.25) is 0 Å². The van der Waals surface area contributed by atoms with Gasteiger partial charge in [0.15, 0.2) is 0 Å². The smallest absolute Gasteiger partial charge is 0.233 e. The van der Waals surface area contributed by atoms with E-state index in [0.29, 0.717) is 18.4 Å². The Kier molecular flexibility index (Phi) is 2.78. The molecule has 1 N–H and O–H groups in total. The molecule has 0 aromatic rings. The first kappa shape index (κ1) is 12.6. The molecule has 4 aliphatic rings. The number of nitrogens with zero attached hydrogens (tertiary/aromatic N) is 1. The van der Waals surface area contributed by atoms with Gasteiger partial charge in [0.2, 0.25) is 11.8 Å². The molecule has 1 aliphatic heterocycles. The first-order valence-electron chi connectivity index (χ1n) is 7.86. The van der Waals surface area contributed by atoms with Gasteiger partial charge in [-0.05, 0) is 43.4 Å². The average Bonchev–Trinajstić information content (AvgIpc) is 3.09. The van der Waals surface area contributed by atoms with Crippen molar-refractivity contribution in [1.82, 2.24) is 4.90 Å². The van der Waals surface area contributed by atoms with Gasteiger partial charge >= 0.3 is 0 Å². The molecule has 0 aromatic heterocycles. The van der Waals surface area contributed by atoms with Crippen LogP contribution in [0.25, 0.3) is 0 Å². The molecule has 4 nitrogen and oxygen atoms in total. The summed E-state index contributed by atoms with van der Waals surface area (Å²) in [5.74, 6) is 0.828. The Bertz CT molecular complexity index is 456. The molecule has 1 saturated heterocycles. The second-order valence-electron chi connectivity index (χ2n) is 6.97. The van der Waals surface area contributed by atoms with Gasteiger partial charge in [-0.2, -0.15) is 0 Å². The summed E-state index contributed by atoms with van der Waals surface area (Å²) in [5, 5.41) is 9.74. The summed E-state index contributed by atoms with van der Waals surface area (Å²) in [6.45, 7) is 0.529. The molecule has 4 heteroatoms. The summed E-state index contributed by atoms with van der Waals surface area (Å²) in [4.78, 5) is 26.6. The highest BCUT2D eigenvalue weighted by molar-refractivity contribution is 6.06. The van der Waals surface area contributed by atoms with Gasteiger partial charge in [-0.1, -0.05) is 18.6 Å². The van der Waals surface area contributed by atoms with E-state index >= 15 is 0 Å². The molecule has 2 bridgehead atoms. The van der Waals surface area contributed by atoms with Gasteiger partial charge in [0.05, 0.1) is 17.9 Å². The Labute approximate surface area is 118 Å². The van der Waals surface area contributed by atoms with E-state index in [4.69, 9.17) is 0 Å². The predicted molar refractivity (Wildman–Crippen MR) is 72.4 cm³/mol. The van der Waals surface area contributed by atoms with E-state index in [9.17, 15) is 14.7 Å². The van der Waals surface area contributed by atoms with Crippen LogP contribution in [0.3, 0.4) is 0 Å². The number of hydrogen-bond donors (Lipinski definition) is 1. The molecule has 6 atom stereocenters. The summed E-state index contributed by atoms with van der Waals surface area (Å²) in [7, 11) is 0. The Balaban J connectivity index is 1.50. The number of imide groups is 1. The zero-order valence-corrected chi connectivity index (χ0v) is 11.6. The van der Waals surface area contributed by atoms with Gasteiger partial charge < -0.3 is 5.11 Å². The summed E-state index contributed by atoms with van der Waals surface area (Å²) in [6.07, 6.45) is 8.61. The van der Waals surface area contributed by atoms with E-state index in [1.54, 1.807) is 0 Å². The number of likely N-dealkylation sites (tertiary alicyclic amines) is 1. The first-order valence-corrected chi connectivity index (χ1v) is 7.86. The molecule has 6 unspecified atom stereocenters. The lowest BCUT2D eigenvalue weighted by atomic mass is 9.85. The van der Waals surface area contributed by atoms with Gasteiger partial charge in [-0.15, -0.1) is 0 Å². The second-order valence-corrected chi connectivity index (χ2v) is 6.97. The number of carbonyl (C=O) groups is 2. The van der Waals surface area contributed by atoms with Crippen molar-refractivity contribution in [3.63, 3.8) is 0 Å². The number of hydrogen-bond acceptors (Lipinski definition) is 3. The average molecular weight is 275 g/mol. The van der Waals surface area contributed by atoms with Crippen molar-refractivity contribution in [3.05, 3.63) is 12.2 Å². The van der Waals surface area contributed by atoms with E-state index in [1.165, 1.54) is 4.90 Å². The van der Waals surface area contributed by atoms with Crippen LogP contribution in [0, 0.1) is 29.6 Å². The molecule has 0 spiro atoms. The van der Waals surface area contributed by atoms with Gasteiger partial charge in [0.25, 0.3) is 0 Å². The van der Waals surface area contributed by atoms with E-state index < -0.39 is 0 Å². The number of allylic oxidation sites excluding steroid dienone is 2. The predicted octanol–water partition coefficient (Wildman–Crippen LogP) is 1.34. The minimum absolute atomic E-state index is 0.0527. The minimum atomic E-state index is -0.251. The zero-order chi connectivity index (χ0) is 13.9. The molecule has 4 rings (SSSR count). The van der Waals surface area contributed by atoms with Crippen LogP contribution in [0.4, 0.5) is 0 Å². The third-order valence-corrected chi connectivity index (χ3v) is 5.76. The third-order valence-electron chi connectivity index (χ3n) is 5.76. The van der Waals surface area contributed by atoms with Crippen molar-refractivity contribution < 1.29 is 14.7 Å². The molecule has 1 heterocycles. The van der Waals surface area contributed by atoms with Gasteiger partial charge in [-0.25, -0.2) is 0 Å². The summed E-state index contributed by atoms with van der Waals surface area (Å²) < 4.78 is 0. The summed E-state index contributed by atoms with van der Waals surface area (Å²) >= 11 is 0. The molecule has 2 amide bonds. The topological polar surface area (TPSA) is 57.6 Å². The highest BCUT2D eigenvalue weighted by Gasteiger charge is 2.59. The molecular weight excluding hydrogens is 254 g/mol. The standard InChI is InChI=1S/C16H21NO3/c18-12-3-1-2-9(6-12)8-17-15(19)13-10-4-5-11(7-10)14(13)16(17)20/h4-5,9-14,18H,1-3,6-8H2. The van der Waals surface area contributed by atoms with Gasteiger partial charge in [0, 0.05) is 6.54 Å². The van der Waals surface area contributed by atoms with Gasteiger partial charge in [-0.3, -0.25) is 14.5 Å².